The zero-order valence-corrected chi connectivity index (χ0v) is 12.2. The van der Waals surface area contributed by atoms with E-state index >= 15 is 0 Å². The van der Waals surface area contributed by atoms with Gasteiger partial charge in [0, 0.05) is 10.4 Å². The van der Waals surface area contributed by atoms with Crippen molar-refractivity contribution in [2.45, 2.75) is 25.7 Å². The van der Waals surface area contributed by atoms with Crippen LogP contribution in [0.25, 0.3) is 21.9 Å². The van der Waals surface area contributed by atoms with Crippen molar-refractivity contribution in [1.82, 2.24) is 0 Å². The lowest BCUT2D eigenvalue weighted by Gasteiger charge is -2.13. The Kier molecular flexibility index (Phi) is 2.78. The fraction of sp³-hybridized carbons (Fsp3) is 0.222. The number of anilines is 1. The first-order valence-electron chi connectivity index (χ1n) is 7.22. The second kappa shape index (κ2) is 4.64. The van der Waals surface area contributed by atoms with Crippen LogP contribution in [0.15, 0.2) is 42.5 Å². The fourth-order valence-electron chi connectivity index (χ4n) is 3.25. The van der Waals surface area contributed by atoms with Gasteiger partial charge in [0.2, 0.25) is 0 Å². The number of hydrogen-bond donors (Lipinski definition) is 1. The maximum atomic E-state index is 6.32. The van der Waals surface area contributed by atoms with Gasteiger partial charge < -0.3 is 5.73 Å². The van der Waals surface area contributed by atoms with Gasteiger partial charge in [-0.3, -0.25) is 0 Å². The number of rotatable bonds is 1. The molecular formula is C18H17NS. The minimum Gasteiger partial charge on any atom is -0.390 e. The summed E-state index contributed by atoms with van der Waals surface area (Å²) >= 11 is 1.79. The summed E-state index contributed by atoms with van der Waals surface area (Å²) in [7, 11) is 0. The topological polar surface area (TPSA) is 26.0 Å². The van der Waals surface area contributed by atoms with Crippen molar-refractivity contribution in [1.29, 1.82) is 0 Å². The molecule has 2 aromatic carbocycles. The Hall–Kier alpha value is -1.80. The second-order valence-corrected chi connectivity index (χ2v) is 6.65. The fourth-order valence-corrected chi connectivity index (χ4v) is 4.43. The summed E-state index contributed by atoms with van der Waals surface area (Å²) in [6.45, 7) is 0. The Bertz CT molecular complexity index is 785. The number of hydrogen-bond acceptors (Lipinski definition) is 2. The van der Waals surface area contributed by atoms with Crippen LogP contribution >= 0.6 is 11.3 Å². The normalized spacial score (nSPS) is 14.4. The molecule has 0 spiro atoms. The number of thiophene rings is 1. The van der Waals surface area contributed by atoms with Crippen molar-refractivity contribution < 1.29 is 0 Å². The molecule has 1 heterocycles. The summed E-state index contributed by atoms with van der Waals surface area (Å²) in [5, 5.41) is 3.58. The van der Waals surface area contributed by atoms with E-state index in [0.29, 0.717) is 0 Å². The minimum atomic E-state index is 0.993. The Balaban J connectivity index is 1.92. The first-order valence-corrected chi connectivity index (χ1v) is 8.04. The van der Waals surface area contributed by atoms with Gasteiger partial charge in [0.25, 0.3) is 0 Å². The van der Waals surface area contributed by atoms with Gasteiger partial charge in [-0.1, -0.05) is 36.4 Å². The Labute approximate surface area is 123 Å². The number of nitrogens with two attached hydrogens (primary N) is 1. The zero-order valence-electron chi connectivity index (χ0n) is 11.4. The van der Waals surface area contributed by atoms with Crippen LogP contribution in [-0.4, -0.2) is 0 Å². The van der Waals surface area contributed by atoms with Gasteiger partial charge in [-0.2, -0.15) is 0 Å². The molecule has 1 aromatic heterocycles. The van der Waals surface area contributed by atoms with Gasteiger partial charge in [-0.25, -0.2) is 0 Å². The standard InChI is InChI=1S/C18H17NS/c19-18-17(15-7-3-4-8-16(15)20-18)14-10-9-12-5-1-2-6-13(12)11-14/h1-2,5-6,9-11H,3-4,7-8,19H2. The Morgan fingerprint density at radius 2 is 1.70 bits per heavy atom. The monoisotopic (exact) mass is 279 g/mol. The SMILES string of the molecule is Nc1sc2c(c1-c1ccc3ccccc3c1)CCCC2. The van der Waals surface area contributed by atoms with Crippen molar-refractivity contribution in [3.63, 3.8) is 0 Å². The molecule has 0 fully saturated rings. The van der Waals surface area contributed by atoms with Crippen molar-refractivity contribution in [3.05, 3.63) is 52.9 Å². The molecule has 0 amide bonds. The van der Waals surface area contributed by atoms with Gasteiger partial charge in [-0.15, -0.1) is 11.3 Å². The molecule has 1 aliphatic carbocycles. The summed E-state index contributed by atoms with van der Waals surface area (Å²) in [5.41, 5.74) is 10.4. The van der Waals surface area contributed by atoms with E-state index in [2.05, 4.69) is 42.5 Å². The molecular weight excluding hydrogens is 262 g/mol. The van der Waals surface area contributed by atoms with E-state index in [-0.39, 0.29) is 0 Å². The predicted molar refractivity (Wildman–Crippen MR) is 88.3 cm³/mol. The van der Waals surface area contributed by atoms with E-state index in [4.69, 9.17) is 5.73 Å². The highest BCUT2D eigenvalue weighted by molar-refractivity contribution is 7.16. The minimum absolute atomic E-state index is 0.993. The van der Waals surface area contributed by atoms with Gasteiger partial charge in [0.15, 0.2) is 0 Å². The summed E-state index contributed by atoms with van der Waals surface area (Å²) < 4.78 is 0. The highest BCUT2D eigenvalue weighted by atomic mass is 32.1. The molecule has 0 unspecified atom stereocenters. The molecule has 0 aliphatic heterocycles. The quantitative estimate of drug-likeness (QED) is 0.664. The molecule has 2 heteroatoms. The number of fused-ring (bicyclic) bond motifs is 2. The summed E-state index contributed by atoms with van der Waals surface area (Å²) in [6, 6.07) is 15.2. The summed E-state index contributed by atoms with van der Waals surface area (Å²) in [5.74, 6) is 0. The van der Waals surface area contributed by atoms with Crippen LogP contribution in [0.3, 0.4) is 0 Å². The molecule has 0 bridgehead atoms. The maximum Gasteiger partial charge on any atom is 0.0941 e. The van der Waals surface area contributed by atoms with Crippen molar-refractivity contribution in [3.8, 4) is 11.1 Å². The van der Waals surface area contributed by atoms with Gasteiger partial charge in [0.05, 0.1) is 5.00 Å². The van der Waals surface area contributed by atoms with Crippen LogP contribution in [0, 0.1) is 0 Å². The average molecular weight is 279 g/mol. The van der Waals surface area contributed by atoms with Crippen LogP contribution in [-0.2, 0) is 12.8 Å². The van der Waals surface area contributed by atoms with Crippen molar-refractivity contribution >= 4 is 27.1 Å². The van der Waals surface area contributed by atoms with E-state index in [1.807, 2.05) is 0 Å². The van der Waals surface area contributed by atoms with E-state index in [1.54, 1.807) is 11.3 Å². The van der Waals surface area contributed by atoms with E-state index < -0.39 is 0 Å². The molecule has 1 nitrogen and oxygen atoms in total. The number of benzene rings is 2. The largest absolute Gasteiger partial charge is 0.390 e. The highest BCUT2D eigenvalue weighted by Gasteiger charge is 2.20. The third-order valence-corrected chi connectivity index (χ3v) is 5.36. The first-order chi connectivity index (χ1) is 9.83. The second-order valence-electron chi connectivity index (χ2n) is 5.51. The van der Waals surface area contributed by atoms with Gasteiger partial charge in [-0.05, 0) is 53.6 Å². The highest BCUT2D eigenvalue weighted by Crippen LogP contribution is 2.43. The van der Waals surface area contributed by atoms with Crippen LogP contribution in [0.4, 0.5) is 5.00 Å². The smallest absolute Gasteiger partial charge is 0.0941 e. The molecule has 0 radical (unpaired) electrons. The predicted octanol–water partition coefficient (Wildman–Crippen LogP) is 5.03. The number of nitrogen functional groups attached to an aromatic ring is 1. The van der Waals surface area contributed by atoms with E-state index in [9.17, 15) is 0 Å². The van der Waals surface area contributed by atoms with Crippen LogP contribution in [0.5, 0.6) is 0 Å². The van der Waals surface area contributed by atoms with Crippen molar-refractivity contribution in [2.24, 2.45) is 0 Å². The molecule has 0 saturated heterocycles. The van der Waals surface area contributed by atoms with Crippen LogP contribution in [0.1, 0.15) is 23.3 Å². The van der Waals surface area contributed by atoms with Crippen LogP contribution < -0.4 is 5.73 Å². The lowest BCUT2D eigenvalue weighted by molar-refractivity contribution is 0.698. The molecule has 1 aliphatic rings. The lowest BCUT2D eigenvalue weighted by Crippen LogP contribution is -1.99. The molecule has 100 valence electrons. The van der Waals surface area contributed by atoms with E-state index in [1.165, 1.54) is 58.0 Å². The first kappa shape index (κ1) is 12.0. The number of aryl methyl sites for hydroxylation is 1. The van der Waals surface area contributed by atoms with Gasteiger partial charge >= 0.3 is 0 Å². The molecule has 2 N–H and O–H groups in total. The van der Waals surface area contributed by atoms with Crippen LogP contribution in [0.2, 0.25) is 0 Å². The Morgan fingerprint density at radius 3 is 2.60 bits per heavy atom. The third kappa shape index (κ3) is 1.83. The molecule has 3 aromatic rings. The third-order valence-electron chi connectivity index (χ3n) is 4.24. The maximum absolute atomic E-state index is 6.32. The molecule has 0 atom stereocenters. The zero-order chi connectivity index (χ0) is 13.5. The van der Waals surface area contributed by atoms with Crippen molar-refractivity contribution in [2.75, 3.05) is 5.73 Å². The molecule has 4 rings (SSSR count). The summed E-state index contributed by atoms with van der Waals surface area (Å²) in [4.78, 5) is 1.51. The summed E-state index contributed by atoms with van der Waals surface area (Å²) in [6.07, 6.45) is 5.00. The molecule has 20 heavy (non-hydrogen) atoms. The lowest BCUT2D eigenvalue weighted by atomic mass is 9.91. The average Bonchev–Trinajstić information content (AvgIpc) is 2.82. The molecule has 0 saturated carbocycles. The Morgan fingerprint density at radius 1 is 0.900 bits per heavy atom. The van der Waals surface area contributed by atoms with Gasteiger partial charge in [0.1, 0.15) is 0 Å². The van der Waals surface area contributed by atoms with E-state index in [0.717, 1.165) is 5.00 Å².